The maximum atomic E-state index is 12.8. The van der Waals surface area contributed by atoms with Crippen LogP contribution < -0.4 is 0 Å². The first kappa shape index (κ1) is 18.8. The van der Waals surface area contributed by atoms with Gasteiger partial charge in [0.15, 0.2) is 0 Å². The smallest absolute Gasteiger partial charge is 0.335 e. The van der Waals surface area contributed by atoms with Crippen LogP contribution in [0.15, 0.2) is 90.0 Å². The fraction of sp³-hybridized carbons (Fsp3) is 0.125. The largest absolute Gasteiger partial charge is 0.449 e. The van der Waals surface area contributed by atoms with Crippen molar-refractivity contribution in [2.75, 3.05) is 0 Å². The molecule has 0 aromatic heterocycles. The molecule has 1 aliphatic rings. The van der Waals surface area contributed by atoms with E-state index in [4.69, 9.17) is 27.9 Å². The Morgan fingerprint density at radius 1 is 0.714 bits per heavy atom. The van der Waals surface area contributed by atoms with Crippen LogP contribution in [0, 0.1) is 0 Å². The number of carbonyl (C=O) groups excluding carboxylic acids is 1. The van der Waals surface area contributed by atoms with E-state index in [2.05, 4.69) is 0 Å². The molecule has 1 aliphatic heterocycles. The number of halogens is 2. The number of hydrogen-bond acceptors (Lipinski definition) is 2. The first-order valence-corrected chi connectivity index (χ1v) is 9.82. The van der Waals surface area contributed by atoms with Gasteiger partial charge in [0, 0.05) is 22.0 Å². The minimum atomic E-state index is -0.369. The summed E-state index contributed by atoms with van der Waals surface area (Å²) in [5, 5.41) is 1.37. The van der Waals surface area contributed by atoms with Gasteiger partial charge >= 0.3 is 5.97 Å². The van der Waals surface area contributed by atoms with E-state index < -0.39 is 0 Å². The third-order valence-corrected chi connectivity index (χ3v) is 5.38. The van der Waals surface area contributed by atoms with Crippen molar-refractivity contribution in [3.63, 3.8) is 0 Å². The molecule has 3 aromatic carbocycles. The number of ether oxygens (including phenoxy) is 1. The zero-order valence-corrected chi connectivity index (χ0v) is 16.6. The summed E-state index contributed by atoms with van der Waals surface area (Å²) in [5.74, 6) is -0.257. The Morgan fingerprint density at radius 3 is 1.82 bits per heavy atom. The zero-order chi connectivity index (χ0) is 19.5. The molecule has 4 rings (SSSR count). The van der Waals surface area contributed by atoms with Gasteiger partial charge < -0.3 is 4.74 Å². The lowest BCUT2D eigenvalue weighted by molar-refractivity contribution is -0.140. The van der Waals surface area contributed by atoms with E-state index in [-0.39, 0.29) is 12.1 Å². The van der Waals surface area contributed by atoms with Crippen molar-refractivity contribution >= 4 is 29.2 Å². The van der Waals surface area contributed by atoms with Crippen LogP contribution >= 0.6 is 23.2 Å². The second kappa shape index (κ2) is 8.22. The lowest BCUT2D eigenvalue weighted by atomic mass is 9.91. The van der Waals surface area contributed by atoms with E-state index in [9.17, 15) is 4.79 Å². The van der Waals surface area contributed by atoms with E-state index in [1.165, 1.54) is 0 Å². The topological polar surface area (TPSA) is 26.3 Å². The quantitative estimate of drug-likeness (QED) is 0.458. The second-order valence-electron chi connectivity index (χ2n) is 6.81. The van der Waals surface area contributed by atoms with Gasteiger partial charge in [-0.1, -0.05) is 77.8 Å². The molecular formula is C24H18Cl2O2. The van der Waals surface area contributed by atoms with E-state index in [1.807, 2.05) is 78.9 Å². The maximum Gasteiger partial charge on any atom is 0.335 e. The summed E-state index contributed by atoms with van der Waals surface area (Å²) in [7, 11) is 0. The number of rotatable bonds is 5. The van der Waals surface area contributed by atoms with Crippen LogP contribution in [-0.2, 0) is 22.4 Å². The molecule has 0 aliphatic carbocycles. The number of esters is 1. The van der Waals surface area contributed by atoms with Gasteiger partial charge in [-0.25, -0.2) is 4.79 Å². The molecule has 0 saturated heterocycles. The molecule has 0 bridgehead atoms. The van der Waals surface area contributed by atoms with E-state index in [0.717, 1.165) is 22.3 Å². The van der Waals surface area contributed by atoms with Gasteiger partial charge in [0.2, 0.25) is 0 Å². The lowest BCUT2D eigenvalue weighted by Crippen LogP contribution is -2.04. The molecule has 0 N–H and O–H groups in total. The van der Waals surface area contributed by atoms with Gasteiger partial charge in [0.1, 0.15) is 6.10 Å². The van der Waals surface area contributed by atoms with Gasteiger partial charge in [0.05, 0.1) is 0 Å². The Bertz CT molecular complexity index is 1010. The highest BCUT2D eigenvalue weighted by Crippen LogP contribution is 2.38. The summed E-state index contributed by atoms with van der Waals surface area (Å²) >= 11 is 12.0. The van der Waals surface area contributed by atoms with Gasteiger partial charge in [-0.3, -0.25) is 0 Å². The maximum absolute atomic E-state index is 12.8. The highest BCUT2D eigenvalue weighted by molar-refractivity contribution is 6.30. The predicted molar refractivity (Wildman–Crippen MR) is 113 cm³/mol. The number of carbonyl (C=O) groups is 1. The van der Waals surface area contributed by atoms with Gasteiger partial charge in [0.25, 0.3) is 0 Å². The molecule has 0 fully saturated rings. The van der Waals surface area contributed by atoms with Crippen molar-refractivity contribution < 1.29 is 9.53 Å². The second-order valence-corrected chi connectivity index (χ2v) is 7.68. The minimum Gasteiger partial charge on any atom is -0.449 e. The van der Waals surface area contributed by atoms with Crippen LogP contribution in [-0.4, -0.2) is 5.97 Å². The number of cyclic esters (lactones) is 1. The normalized spacial score (nSPS) is 16.4. The van der Waals surface area contributed by atoms with Crippen molar-refractivity contribution in [3.8, 4) is 0 Å². The van der Waals surface area contributed by atoms with E-state index >= 15 is 0 Å². The van der Waals surface area contributed by atoms with Crippen LogP contribution in [0.5, 0.6) is 0 Å². The molecule has 140 valence electrons. The molecule has 28 heavy (non-hydrogen) atoms. The van der Waals surface area contributed by atoms with Crippen molar-refractivity contribution in [1.82, 2.24) is 0 Å². The number of hydrogen-bond donors (Lipinski definition) is 0. The summed E-state index contributed by atoms with van der Waals surface area (Å²) in [5.41, 5.74) is 4.80. The van der Waals surface area contributed by atoms with Gasteiger partial charge in [-0.15, -0.1) is 0 Å². The zero-order valence-electron chi connectivity index (χ0n) is 15.1. The van der Waals surface area contributed by atoms with Crippen LogP contribution in [0.2, 0.25) is 10.0 Å². The molecule has 0 spiro atoms. The summed E-state index contributed by atoms with van der Waals surface area (Å²) in [6.45, 7) is 0. The third-order valence-electron chi connectivity index (χ3n) is 4.88. The standard InChI is InChI=1S/C24H18Cl2O2/c25-19-10-6-16(7-11-19)14-21-22(15-17-8-12-20(26)13-9-17)24(27)28-23(21)18-4-2-1-3-5-18/h1-13,23H,14-15H2. The molecular weight excluding hydrogens is 391 g/mol. The van der Waals surface area contributed by atoms with E-state index in [1.54, 1.807) is 0 Å². The Hall–Kier alpha value is -2.55. The monoisotopic (exact) mass is 408 g/mol. The van der Waals surface area contributed by atoms with E-state index in [0.29, 0.717) is 28.5 Å². The highest BCUT2D eigenvalue weighted by atomic mass is 35.5. The lowest BCUT2D eigenvalue weighted by Gasteiger charge is -2.15. The molecule has 0 radical (unpaired) electrons. The average Bonchev–Trinajstić information content (AvgIpc) is 3.01. The predicted octanol–water partition coefficient (Wildman–Crippen LogP) is 6.37. The third kappa shape index (κ3) is 4.14. The molecule has 1 heterocycles. The molecule has 1 unspecified atom stereocenters. The van der Waals surface area contributed by atoms with Crippen LogP contribution in [0.1, 0.15) is 22.8 Å². The van der Waals surface area contributed by atoms with Crippen molar-refractivity contribution in [2.45, 2.75) is 18.9 Å². The Kier molecular flexibility index (Phi) is 5.52. The summed E-state index contributed by atoms with van der Waals surface area (Å²) in [4.78, 5) is 12.8. The van der Waals surface area contributed by atoms with Gasteiger partial charge in [-0.05, 0) is 52.9 Å². The van der Waals surface area contributed by atoms with Crippen LogP contribution in [0.3, 0.4) is 0 Å². The van der Waals surface area contributed by atoms with Crippen LogP contribution in [0.4, 0.5) is 0 Å². The summed E-state index contributed by atoms with van der Waals surface area (Å²) in [6, 6.07) is 25.1. The Balaban J connectivity index is 1.73. The SMILES string of the molecule is O=C1OC(c2ccccc2)C(Cc2ccc(Cl)cc2)=C1Cc1ccc(Cl)cc1. The molecule has 4 heteroatoms. The minimum absolute atomic E-state index is 0.257. The van der Waals surface area contributed by atoms with Crippen LogP contribution in [0.25, 0.3) is 0 Å². The first-order valence-electron chi connectivity index (χ1n) is 9.07. The summed E-state index contributed by atoms with van der Waals surface area (Å²) < 4.78 is 5.80. The fourth-order valence-corrected chi connectivity index (χ4v) is 3.70. The first-order chi connectivity index (χ1) is 13.6. The number of benzene rings is 3. The summed E-state index contributed by atoms with van der Waals surface area (Å²) in [6.07, 6.45) is 0.778. The van der Waals surface area contributed by atoms with Crippen molar-refractivity contribution in [2.24, 2.45) is 0 Å². The highest BCUT2D eigenvalue weighted by Gasteiger charge is 2.34. The van der Waals surface area contributed by atoms with Crippen molar-refractivity contribution in [3.05, 3.63) is 117 Å². The molecule has 0 amide bonds. The molecule has 0 saturated carbocycles. The Morgan fingerprint density at radius 2 is 1.25 bits per heavy atom. The molecule has 2 nitrogen and oxygen atoms in total. The van der Waals surface area contributed by atoms with Crippen molar-refractivity contribution in [1.29, 1.82) is 0 Å². The fourth-order valence-electron chi connectivity index (χ4n) is 3.45. The Labute approximate surface area is 174 Å². The van der Waals surface area contributed by atoms with Gasteiger partial charge in [-0.2, -0.15) is 0 Å². The average molecular weight is 409 g/mol. The molecule has 1 atom stereocenters. The molecule has 3 aromatic rings.